The summed E-state index contributed by atoms with van der Waals surface area (Å²) in [5, 5.41) is 33.0. The van der Waals surface area contributed by atoms with Crippen molar-refractivity contribution in [2.75, 3.05) is 12.3 Å². The topological polar surface area (TPSA) is 158 Å². The van der Waals surface area contributed by atoms with Gasteiger partial charge in [-0.15, -0.1) is 0 Å². The van der Waals surface area contributed by atoms with Gasteiger partial charge in [0.25, 0.3) is 5.69 Å². The fourth-order valence-electron chi connectivity index (χ4n) is 1.34. The van der Waals surface area contributed by atoms with Crippen LogP contribution in [0.15, 0.2) is 23.3 Å². The minimum atomic E-state index is -1.39. The Morgan fingerprint density at radius 3 is 2.78 bits per heavy atom. The van der Waals surface area contributed by atoms with Crippen LogP contribution in [0.25, 0.3) is 10.4 Å². The lowest BCUT2D eigenvalue weighted by molar-refractivity contribution is -0.384. The molecule has 0 fully saturated rings. The fourth-order valence-corrected chi connectivity index (χ4v) is 1.34. The number of hydrogen-bond donors (Lipinski definition) is 3. The lowest BCUT2D eigenvalue weighted by atomic mass is 10.0. The number of nitro groups is 1. The first-order chi connectivity index (χ1) is 8.47. The number of aliphatic hydroxyl groups is 2. The predicted octanol–water partition coefficient (Wildman–Crippen LogP) is 0.882. The number of nitrogens with two attached hydrogens (primary N) is 1. The standard InChI is InChI=1S/C9H11N5O4/c10-6-2-1-5(3-7(6)14(17)18)9(16)8(15)4-12-13-11/h1-3,8-9,15-16H,4,10H2. The van der Waals surface area contributed by atoms with Gasteiger partial charge >= 0.3 is 0 Å². The first kappa shape index (κ1) is 13.7. The van der Waals surface area contributed by atoms with Gasteiger partial charge in [0.2, 0.25) is 0 Å². The van der Waals surface area contributed by atoms with Crippen LogP contribution in [-0.4, -0.2) is 27.8 Å². The van der Waals surface area contributed by atoms with Crippen molar-refractivity contribution in [2.45, 2.75) is 12.2 Å². The van der Waals surface area contributed by atoms with Crippen molar-refractivity contribution in [3.05, 3.63) is 44.3 Å². The smallest absolute Gasteiger partial charge is 0.292 e. The zero-order valence-corrected chi connectivity index (χ0v) is 9.17. The van der Waals surface area contributed by atoms with Gasteiger partial charge in [0, 0.05) is 11.0 Å². The molecule has 1 rings (SSSR count). The average Bonchev–Trinajstić information content (AvgIpc) is 2.35. The van der Waals surface area contributed by atoms with Crippen LogP contribution in [0.1, 0.15) is 11.7 Å². The number of azide groups is 1. The van der Waals surface area contributed by atoms with E-state index in [9.17, 15) is 20.3 Å². The normalized spacial score (nSPS) is 13.4. The van der Waals surface area contributed by atoms with E-state index in [0.29, 0.717) is 0 Å². The zero-order valence-electron chi connectivity index (χ0n) is 9.17. The van der Waals surface area contributed by atoms with Gasteiger partial charge in [-0.1, -0.05) is 11.2 Å². The molecule has 0 aromatic heterocycles. The number of aliphatic hydroxyl groups excluding tert-OH is 2. The Bertz CT molecular complexity index is 500. The predicted molar refractivity (Wildman–Crippen MR) is 62.5 cm³/mol. The summed E-state index contributed by atoms with van der Waals surface area (Å²) in [4.78, 5) is 12.4. The maximum Gasteiger partial charge on any atom is 0.292 e. The highest BCUT2D eigenvalue weighted by atomic mass is 16.6. The molecule has 0 heterocycles. The quantitative estimate of drug-likeness (QED) is 0.177. The highest BCUT2D eigenvalue weighted by Gasteiger charge is 2.21. The van der Waals surface area contributed by atoms with Crippen LogP contribution in [0.5, 0.6) is 0 Å². The van der Waals surface area contributed by atoms with Gasteiger partial charge in [0.15, 0.2) is 0 Å². The maximum atomic E-state index is 10.7. The molecule has 9 heteroatoms. The Balaban J connectivity index is 2.99. The molecular weight excluding hydrogens is 242 g/mol. The summed E-state index contributed by atoms with van der Waals surface area (Å²) >= 11 is 0. The summed E-state index contributed by atoms with van der Waals surface area (Å²) in [5.74, 6) is 0. The second-order valence-corrected chi connectivity index (χ2v) is 3.50. The molecule has 2 unspecified atom stereocenters. The third kappa shape index (κ3) is 3.08. The van der Waals surface area contributed by atoms with Gasteiger partial charge in [0.05, 0.1) is 17.6 Å². The molecule has 0 aliphatic carbocycles. The summed E-state index contributed by atoms with van der Waals surface area (Å²) in [6.45, 7) is -0.337. The van der Waals surface area contributed by atoms with Crippen molar-refractivity contribution >= 4 is 11.4 Å². The SMILES string of the molecule is [N-]=[N+]=NCC(O)C(O)c1ccc(N)c([N+](=O)[O-])c1. The molecule has 0 aliphatic rings. The van der Waals surface area contributed by atoms with Crippen molar-refractivity contribution in [3.8, 4) is 0 Å². The minimum absolute atomic E-state index is 0.0412. The molecular formula is C9H11N5O4. The lowest BCUT2D eigenvalue weighted by Gasteiger charge is -2.16. The minimum Gasteiger partial charge on any atom is -0.393 e. The molecule has 0 spiro atoms. The third-order valence-corrected chi connectivity index (χ3v) is 2.29. The first-order valence-electron chi connectivity index (χ1n) is 4.88. The van der Waals surface area contributed by atoms with Crippen molar-refractivity contribution < 1.29 is 15.1 Å². The monoisotopic (exact) mass is 253 g/mol. The van der Waals surface area contributed by atoms with E-state index in [4.69, 9.17) is 11.3 Å². The van der Waals surface area contributed by atoms with Crippen LogP contribution in [0.2, 0.25) is 0 Å². The lowest BCUT2D eigenvalue weighted by Crippen LogP contribution is -2.21. The molecule has 2 atom stereocenters. The second kappa shape index (κ2) is 5.82. The molecule has 0 radical (unpaired) electrons. The number of anilines is 1. The summed E-state index contributed by atoms with van der Waals surface area (Å²) in [6.07, 6.45) is -2.74. The van der Waals surface area contributed by atoms with E-state index in [1.165, 1.54) is 12.1 Å². The molecule has 1 aromatic carbocycles. The van der Waals surface area contributed by atoms with Gasteiger partial charge in [-0.25, -0.2) is 0 Å². The fraction of sp³-hybridized carbons (Fsp3) is 0.333. The van der Waals surface area contributed by atoms with Crippen molar-refractivity contribution in [1.29, 1.82) is 0 Å². The Morgan fingerprint density at radius 1 is 1.56 bits per heavy atom. The number of benzene rings is 1. The van der Waals surface area contributed by atoms with Crippen LogP contribution in [0.4, 0.5) is 11.4 Å². The summed E-state index contributed by atoms with van der Waals surface area (Å²) in [6, 6.07) is 3.68. The molecule has 18 heavy (non-hydrogen) atoms. The highest BCUT2D eigenvalue weighted by Crippen LogP contribution is 2.27. The molecule has 1 aromatic rings. The van der Waals surface area contributed by atoms with Crippen molar-refractivity contribution in [1.82, 2.24) is 0 Å². The van der Waals surface area contributed by atoms with E-state index < -0.39 is 17.1 Å². The van der Waals surface area contributed by atoms with Crippen LogP contribution >= 0.6 is 0 Å². The molecule has 96 valence electrons. The van der Waals surface area contributed by atoms with E-state index in [-0.39, 0.29) is 23.5 Å². The van der Waals surface area contributed by atoms with Crippen molar-refractivity contribution in [2.24, 2.45) is 5.11 Å². The number of nitro benzene ring substituents is 1. The summed E-state index contributed by atoms with van der Waals surface area (Å²) in [7, 11) is 0. The van der Waals surface area contributed by atoms with Gasteiger partial charge < -0.3 is 15.9 Å². The van der Waals surface area contributed by atoms with Crippen LogP contribution in [0, 0.1) is 10.1 Å². The van der Waals surface area contributed by atoms with Crippen LogP contribution < -0.4 is 5.73 Å². The molecule has 0 saturated carbocycles. The third-order valence-electron chi connectivity index (χ3n) is 2.29. The summed E-state index contributed by atoms with van der Waals surface area (Å²) in [5.41, 5.74) is 13.2. The zero-order chi connectivity index (χ0) is 13.7. The van der Waals surface area contributed by atoms with Gasteiger partial charge in [-0.2, -0.15) is 0 Å². The molecule has 0 bridgehead atoms. The average molecular weight is 253 g/mol. The molecule has 9 nitrogen and oxygen atoms in total. The molecule has 4 N–H and O–H groups in total. The van der Waals surface area contributed by atoms with Gasteiger partial charge in [-0.05, 0) is 17.2 Å². The Hall–Kier alpha value is -2.35. The number of nitrogens with zero attached hydrogens (tertiary/aromatic N) is 4. The Morgan fingerprint density at radius 2 is 2.22 bits per heavy atom. The van der Waals surface area contributed by atoms with Crippen molar-refractivity contribution in [3.63, 3.8) is 0 Å². The highest BCUT2D eigenvalue weighted by molar-refractivity contribution is 5.59. The van der Waals surface area contributed by atoms with Gasteiger partial charge in [0.1, 0.15) is 11.8 Å². The van der Waals surface area contributed by atoms with Crippen LogP contribution in [0.3, 0.4) is 0 Å². The first-order valence-corrected chi connectivity index (χ1v) is 4.88. The van der Waals surface area contributed by atoms with E-state index in [1.54, 1.807) is 0 Å². The van der Waals surface area contributed by atoms with Crippen LogP contribution in [-0.2, 0) is 0 Å². The van der Waals surface area contributed by atoms with E-state index in [0.717, 1.165) is 6.07 Å². The number of rotatable bonds is 5. The molecule has 0 aliphatic heterocycles. The number of nitrogen functional groups attached to an aromatic ring is 1. The Labute approximate surface area is 101 Å². The number of hydrogen-bond acceptors (Lipinski definition) is 6. The maximum absolute atomic E-state index is 10.7. The summed E-state index contributed by atoms with van der Waals surface area (Å²) < 4.78 is 0. The second-order valence-electron chi connectivity index (χ2n) is 3.50. The van der Waals surface area contributed by atoms with Gasteiger partial charge in [-0.3, -0.25) is 10.1 Å². The Kier molecular flexibility index (Phi) is 4.44. The van der Waals surface area contributed by atoms with E-state index in [2.05, 4.69) is 10.0 Å². The van der Waals surface area contributed by atoms with E-state index >= 15 is 0 Å². The molecule has 0 saturated heterocycles. The van der Waals surface area contributed by atoms with E-state index in [1.807, 2.05) is 0 Å². The molecule has 0 amide bonds. The largest absolute Gasteiger partial charge is 0.393 e.